The number of nitrogens with two attached hydrogens (primary N) is 1. The van der Waals surface area contributed by atoms with Crippen molar-refractivity contribution in [1.82, 2.24) is 4.31 Å². The zero-order valence-corrected chi connectivity index (χ0v) is 13.0. The van der Waals surface area contributed by atoms with Gasteiger partial charge in [0, 0.05) is 18.8 Å². The molecule has 0 aromatic heterocycles. The van der Waals surface area contributed by atoms with Gasteiger partial charge in [-0.3, -0.25) is 0 Å². The Morgan fingerprint density at radius 3 is 2.50 bits per heavy atom. The van der Waals surface area contributed by atoms with Crippen molar-refractivity contribution in [1.29, 1.82) is 0 Å². The maximum Gasteiger partial charge on any atom is 0.246 e. The maximum absolute atomic E-state index is 14.1. The van der Waals surface area contributed by atoms with Gasteiger partial charge in [-0.15, -0.1) is 0 Å². The van der Waals surface area contributed by atoms with Crippen LogP contribution in [0.25, 0.3) is 0 Å². The Balaban J connectivity index is 2.00. The molecule has 0 spiro atoms. The summed E-state index contributed by atoms with van der Waals surface area (Å²) in [5.41, 5.74) is 5.82. The fraction of sp³-hybridized carbons (Fsp3) is 0.500. The van der Waals surface area contributed by atoms with E-state index in [1.54, 1.807) is 0 Å². The number of ether oxygens (including phenoxy) is 1. The fourth-order valence-electron chi connectivity index (χ4n) is 2.68. The molecule has 20 heavy (non-hydrogen) atoms. The summed E-state index contributed by atoms with van der Waals surface area (Å²) >= 11 is 2.99. The van der Waals surface area contributed by atoms with Crippen LogP contribution in [0.2, 0.25) is 0 Å². The first kappa shape index (κ1) is 14.2. The smallest absolute Gasteiger partial charge is 0.246 e. The van der Waals surface area contributed by atoms with E-state index in [0.717, 1.165) is 18.9 Å². The Morgan fingerprint density at radius 1 is 1.30 bits per heavy atom. The summed E-state index contributed by atoms with van der Waals surface area (Å²) in [4.78, 5) is -0.384. The third kappa shape index (κ3) is 2.34. The van der Waals surface area contributed by atoms with Crippen molar-refractivity contribution >= 4 is 31.6 Å². The lowest BCUT2D eigenvalue weighted by molar-refractivity contribution is -0.0115. The van der Waals surface area contributed by atoms with Gasteiger partial charge in [0.15, 0.2) is 5.82 Å². The molecule has 0 amide bonds. The second-order valence-electron chi connectivity index (χ2n) is 5.09. The van der Waals surface area contributed by atoms with E-state index in [2.05, 4.69) is 15.9 Å². The van der Waals surface area contributed by atoms with E-state index in [9.17, 15) is 12.8 Å². The second kappa shape index (κ2) is 4.94. The summed E-state index contributed by atoms with van der Waals surface area (Å²) in [6.07, 6.45) is 1.52. The standard InChI is InChI=1S/C12H14BrFN2O3S/c13-10-3-7(15)4-11(12(10)14)20(17,18)16-5-8-1-2-9(6-16)19-8/h3-4,8-9H,1-2,5-6,15H2. The van der Waals surface area contributed by atoms with E-state index in [0.29, 0.717) is 0 Å². The lowest BCUT2D eigenvalue weighted by atomic mass is 10.2. The summed E-state index contributed by atoms with van der Waals surface area (Å²) in [5.74, 6) is -0.807. The second-order valence-corrected chi connectivity index (χ2v) is 7.86. The Kier molecular flexibility index (Phi) is 3.52. The summed E-state index contributed by atoms with van der Waals surface area (Å²) in [6, 6.07) is 2.50. The minimum Gasteiger partial charge on any atom is -0.399 e. The van der Waals surface area contributed by atoms with Crippen LogP contribution in [0.4, 0.5) is 10.1 Å². The summed E-state index contributed by atoms with van der Waals surface area (Å²) < 4.78 is 46.2. The molecule has 2 aliphatic heterocycles. The number of nitrogen functional groups attached to an aromatic ring is 1. The van der Waals surface area contributed by atoms with Crippen LogP contribution in [0.5, 0.6) is 0 Å². The zero-order valence-electron chi connectivity index (χ0n) is 10.6. The van der Waals surface area contributed by atoms with Crippen LogP contribution in [-0.4, -0.2) is 38.0 Å². The van der Waals surface area contributed by atoms with Crippen molar-refractivity contribution in [3.63, 3.8) is 0 Å². The van der Waals surface area contributed by atoms with E-state index >= 15 is 0 Å². The Bertz CT molecular complexity index is 640. The number of sulfonamides is 1. The highest BCUT2D eigenvalue weighted by Gasteiger charge is 2.40. The number of hydrogen-bond donors (Lipinski definition) is 1. The third-order valence-electron chi connectivity index (χ3n) is 3.65. The molecule has 2 N–H and O–H groups in total. The van der Waals surface area contributed by atoms with Gasteiger partial charge in [0.05, 0.1) is 16.7 Å². The maximum atomic E-state index is 14.1. The van der Waals surface area contributed by atoms with E-state index < -0.39 is 15.8 Å². The molecule has 0 radical (unpaired) electrons. The highest BCUT2D eigenvalue weighted by atomic mass is 79.9. The lowest BCUT2D eigenvalue weighted by Crippen LogP contribution is -2.45. The molecule has 110 valence electrons. The van der Waals surface area contributed by atoms with Crippen LogP contribution >= 0.6 is 15.9 Å². The highest BCUT2D eigenvalue weighted by Crippen LogP contribution is 2.33. The molecule has 8 heteroatoms. The molecular weight excluding hydrogens is 351 g/mol. The molecule has 2 fully saturated rings. The fourth-order valence-corrected chi connectivity index (χ4v) is 4.92. The van der Waals surface area contributed by atoms with Crippen LogP contribution in [0.3, 0.4) is 0 Å². The molecule has 5 nitrogen and oxygen atoms in total. The molecule has 2 saturated heterocycles. The lowest BCUT2D eigenvalue weighted by Gasteiger charge is -2.31. The molecule has 0 aliphatic carbocycles. The third-order valence-corrected chi connectivity index (χ3v) is 6.05. The summed E-state index contributed by atoms with van der Waals surface area (Å²) in [6.45, 7) is 0.537. The Morgan fingerprint density at radius 2 is 1.90 bits per heavy atom. The molecule has 2 heterocycles. The summed E-state index contributed by atoms with van der Waals surface area (Å²) in [5, 5.41) is 0. The van der Waals surface area contributed by atoms with Crippen LogP contribution in [0, 0.1) is 5.82 Å². The van der Waals surface area contributed by atoms with Gasteiger partial charge in [0.1, 0.15) is 4.90 Å². The Hall–Kier alpha value is -0.700. The van der Waals surface area contributed by atoms with Gasteiger partial charge < -0.3 is 10.5 Å². The van der Waals surface area contributed by atoms with Gasteiger partial charge in [-0.2, -0.15) is 4.31 Å². The molecule has 1 aromatic carbocycles. The number of benzene rings is 1. The van der Waals surface area contributed by atoms with Crippen molar-refractivity contribution in [2.45, 2.75) is 29.9 Å². The minimum absolute atomic E-state index is 0.0484. The van der Waals surface area contributed by atoms with E-state index in [1.165, 1.54) is 10.4 Å². The first-order valence-electron chi connectivity index (χ1n) is 6.28. The number of halogens is 2. The van der Waals surface area contributed by atoms with Crippen molar-refractivity contribution in [2.24, 2.45) is 0 Å². The molecule has 1 aromatic rings. The zero-order chi connectivity index (χ0) is 14.5. The average Bonchev–Trinajstić information content (AvgIpc) is 2.72. The predicted molar refractivity (Wildman–Crippen MR) is 75.2 cm³/mol. The van der Waals surface area contributed by atoms with Gasteiger partial charge in [-0.25, -0.2) is 12.8 Å². The SMILES string of the molecule is Nc1cc(Br)c(F)c(S(=O)(=O)N2CC3CCC(C2)O3)c1. The molecule has 2 unspecified atom stereocenters. The molecular formula is C12H14BrFN2O3S. The van der Waals surface area contributed by atoms with Crippen LogP contribution in [0.1, 0.15) is 12.8 Å². The van der Waals surface area contributed by atoms with Crippen molar-refractivity contribution in [3.05, 3.63) is 22.4 Å². The van der Waals surface area contributed by atoms with Crippen LogP contribution in [-0.2, 0) is 14.8 Å². The van der Waals surface area contributed by atoms with Gasteiger partial charge in [-0.05, 0) is 40.9 Å². The summed E-state index contributed by atoms with van der Waals surface area (Å²) in [7, 11) is -3.90. The molecule has 2 aliphatic rings. The van der Waals surface area contributed by atoms with Crippen LogP contribution in [0.15, 0.2) is 21.5 Å². The monoisotopic (exact) mass is 364 g/mol. The number of hydrogen-bond acceptors (Lipinski definition) is 4. The van der Waals surface area contributed by atoms with E-state index in [-0.39, 0.29) is 40.4 Å². The number of nitrogens with zero attached hydrogens (tertiary/aromatic N) is 1. The van der Waals surface area contributed by atoms with Crippen LogP contribution < -0.4 is 5.73 Å². The largest absolute Gasteiger partial charge is 0.399 e. The van der Waals surface area contributed by atoms with Gasteiger partial charge in [-0.1, -0.05) is 0 Å². The molecule has 0 saturated carbocycles. The molecule has 3 rings (SSSR count). The minimum atomic E-state index is -3.90. The Labute approximate surface area is 125 Å². The normalized spacial score (nSPS) is 26.9. The van der Waals surface area contributed by atoms with Crippen molar-refractivity contribution in [2.75, 3.05) is 18.8 Å². The number of fused-ring (bicyclic) bond motifs is 2. The molecule has 2 atom stereocenters. The number of anilines is 1. The van der Waals surface area contributed by atoms with Crippen molar-refractivity contribution < 1.29 is 17.5 Å². The number of rotatable bonds is 2. The van der Waals surface area contributed by atoms with Gasteiger partial charge in [0.25, 0.3) is 0 Å². The first-order chi connectivity index (χ1) is 9.38. The van der Waals surface area contributed by atoms with Gasteiger partial charge in [0.2, 0.25) is 10.0 Å². The number of morpholine rings is 1. The molecule has 2 bridgehead atoms. The quantitative estimate of drug-likeness (QED) is 0.811. The highest BCUT2D eigenvalue weighted by molar-refractivity contribution is 9.10. The first-order valence-corrected chi connectivity index (χ1v) is 8.51. The predicted octanol–water partition coefficient (Wildman–Crippen LogP) is 1.72. The van der Waals surface area contributed by atoms with E-state index in [4.69, 9.17) is 10.5 Å². The van der Waals surface area contributed by atoms with Gasteiger partial charge >= 0.3 is 0 Å². The average molecular weight is 365 g/mol. The topological polar surface area (TPSA) is 72.6 Å². The van der Waals surface area contributed by atoms with E-state index in [1.807, 2.05) is 0 Å². The van der Waals surface area contributed by atoms with Crippen molar-refractivity contribution in [3.8, 4) is 0 Å².